The number of halogens is 5. The Morgan fingerprint density at radius 2 is 1.96 bits per heavy atom. The fourth-order valence-electron chi connectivity index (χ4n) is 2.07. The highest BCUT2D eigenvalue weighted by molar-refractivity contribution is 6.44. The predicted molar refractivity (Wildman–Crippen MR) is 85.5 cm³/mol. The highest BCUT2D eigenvalue weighted by Crippen LogP contribution is 2.36. The Morgan fingerprint density at radius 1 is 1.33 bits per heavy atom. The number of hydrogen-bond donors (Lipinski definition) is 2. The largest absolute Gasteiger partial charge is 0.478 e. The summed E-state index contributed by atoms with van der Waals surface area (Å²) in [6.07, 6.45) is -2.84. The molecule has 0 bridgehead atoms. The molecule has 0 radical (unpaired) electrons. The van der Waals surface area contributed by atoms with Gasteiger partial charge in [-0.05, 0) is 13.0 Å². The van der Waals surface area contributed by atoms with Crippen molar-refractivity contribution in [2.24, 2.45) is 5.92 Å². The van der Waals surface area contributed by atoms with Crippen LogP contribution < -0.4 is 15.6 Å². The molecule has 10 heteroatoms. The van der Waals surface area contributed by atoms with Crippen LogP contribution in [0.15, 0.2) is 27.0 Å². The van der Waals surface area contributed by atoms with Gasteiger partial charge in [-0.1, -0.05) is 36.2 Å². The molecule has 1 aliphatic carbocycles. The lowest BCUT2D eigenvalue weighted by molar-refractivity contribution is -0.143. The van der Waals surface area contributed by atoms with Gasteiger partial charge in [-0.15, -0.1) is 0 Å². The van der Waals surface area contributed by atoms with Crippen LogP contribution >= 0.6 is 23.2 Å². The molecule has 0 saturated heterocycles. The second-order valence-corrected chi connectivity index (χ2v) is 5.91. The molecule has 2 atom stereocenters. The van der Waals surface area contributed by atoms with Crippen molar-refractivity contribution in [1.82, 2.24) is 9.97 Å². The summed E-state index contributed by atoms with van der Waals surface area (Å²) in [5.41, 5.74) is -2.44. The number of nitrogens with zero attached hydrogens (tertiary/aromatic N) is 1. The predicted octanol–water partition coefficient (Wildman–Crippen LogP) is 3.86. The summed E-state index contributed by atoms with van der Waals surface area (Å²) < 4.78 is 45.0. The summed E-state index contributed by atoms with van der Waals surface area (Å²) in [5.74, 6) is -1.57. The number of anilines is 1. The van der Waals surface area contributed by atoms with Crippen LogP contribution in [0.2, 0.25) is 0 Å². The SMILES string of the molecule is CCNc1nc(C(F)(F)F)c(OC2C=C(Cl)C(Cl)=CC2C)c(=O)[nH]1. The Labute approximate surface area is 145 Å². The Bertz CT molecular complexity index is 744. The molecule has 24 heavy (non-hydrogen) atoms. The number of rotatable bonds is 4. The molecule has 5 nitrogen and oxygen atoms in total. The first-order valence-corrected chi connectivity index (χ1v) is 7.76. The van der Waals surface area contributed by atoms with Crippen molar-refractivity contribution in [2.75, 3.05) is 11.9 Å². The number of aromatic amines is 1. The van der Waals surface area contributed by atoms with Crippen molar-refractivity contribution >= 4 is 29.2 Å². The third kappa shape index (κ3) is 4.05. The third-order valence-corrected chi connectivity index (χ3v) is 3.97. The van der Waals surface area contributed by atoms with E-state index in [9.17, 15) is 18.0 Å². The van der Waals surface area contributed by atoms with Crippen LogP contribution in [-0.2, 0) is 6.18 Å². The van der Waals surface area contributed by atoms with E-state index in [2.05, 4.69) is 15.3 Å². The molecule has 0 aromatic carbocycles. The van der Waals surface area contributed by atoms with E-state index in [1.54, 1.807) is 13.8 Å². The molecule has 2 unspecified atom stereocenters. The van der Waals surface area contributed by atoms with E-state index in [1.807, 2.05) is 0 Å². The van der Waals surface area contributed by atoms with E-state index in [1.165, 1.54) is 12.2 Å². The van der Waals surface area contributed by atoms with Crippen LogP contribution in [0.1, 0.15) is 19.5 Å². The van der Waals surface area contributed by atoms with Crippen molar-refractivity contribution in [3.8, 4) is 5.75 Å². The first kappa shape index (κ1) is 18.7. The average Bonchev–Trinajstić information content (AvgIpc) is 2.46. The minimum atomic E-state index is -4.85. The van der Waals surface area contributed by atoms with Gasteiger partial charge in [-0.25, -0.2) is 4.98 Å². The summed E-state index contributed by atoms with van der Waals surface area (Å²) in [7, 11) is 0. The maximum absolute atomic E-state index is 13.2. The molecule has 0 aliphatic heterocycles. The van der Waals surface area contributed by atoms with Gasteiger partial charge < -0.3 is 10.1 Å². The van der Waals surface area contributed by atoms with Crippen LogP contribution in [0.4, 0.5) is 19.1 Å². The second-order valence-electron chi connectivity index (χ2n) is 5.09. The topological polar surface area (TPSA) is 67.0 Å². The van der Waals surface area contributed by atoms with Gasteiger partial charge in [-0.3, -0.25) is 9.78 Å². The Kier molecular flexibility index (Phi) is 5.49. The number of allylic oxidation sites excluding steroid dienone is 2. The zero-order valence-electron chi connectivity index (χ0n) is 12.7. The molecule has 0 saturated carbocycles. The van der Waals surface area contributed by atoms with Crippen LogP contribution in [-0.4, -0.2) is 22.6 Å². The van der Waals surface area contributed by atoms with Crippen molar-refractivity contribution in [3.05, 3.63) is 38.3 Å². The van der Waals surface area contributed by atoms with Crippen molar-refractivity contribution < 1.29 is 17.9 Å². The van der Waals surface area contributed by atoms with E-state index in [0.717, 1.165) is 0 Å². The zero-order chi connectivity index (χ0) is 18.1. The Hall–Kier alpha value is -1.67. The van der Waals surface area contributed by atoms with Crippen molar-refractivity contribution in [1.29, 1.82) is 0 Å². The normalized spacial score (nSPS) is 21.1. The summed E-state index contributed by atoms with van der Waals surface area (Å²) in [6, 6.07) is 0. The van der Waals surface area contributed by atoms with Crippen LogP contribution in [0.3, 0.4) is 0 Å². The maximum Gasteiger partial charge on any atom is 0.437 e. The smallest absolute Gasteiger partial charge is 0.437 e. The number of nitrogens with one attached hydrogen (secondary N) is 2. The molecule has 132 valence electrons. The number of ether oxygens (including phenoxy) is 1. The van der Waals surface area contributed by atoms with E-state index in [0.29, 0.717) is 6.54 Å². The molecule has 2 N–H and O–H groups in total. The van der Waals surface area contributed by atoms with Crippen LogP contribution in [0, 0.1) is 5.92 Å². The first-order chi connectivity index (χ1) is 11.1. The van der Waals surface area contributed by atoms with Crippen molar-refractivity contribution in [3.63, 3.8) is 0 Å². The number of aromatic nitrogens is 2. The maximum atomic E-state index is 13.2. The molecule has 2 rings (SSSR count). The summed E-state index contributed by atoms with van der Waals surface area (Å²) in [6.45, 7) is 3.63. The monoisotopic (exact) mass is 383 g/mol. The van der Waals surface area contributed by atoms with Gasteiger partial charge in [0.05, 0.1) is 10.1 Å². The number of hydrogen-bond acceptors (Lipinski definition) is 4. The fourth-order valence-corrected chi connectivity index (χ4v) is 2.52. The van der Waals surface area contributed by atoms with Gasteiger partial charge in [0.1, 0.15) is 6.10 Å². The molecule has 0 spiro atoms. The van der Waals surface area contributed by atoms with Crippen LogP contribution in [0.25, 0.3) is 0 Å². The Balaban J connectivity index is 2.45. The van der Waals surface area contributed by atoms with Crippen molar-refractivity contribution in [2.45, 2.75) is 26.1 Å². The van der Waals surface area contributed by atoms with Gasteiger partial charge in [0.25, 0.3) is 5.56 Å². The second kappa shape index (κ2) is 7.06. The molecular formula is C14H14Cl2F3N3O2. The lowest BCUT2D eigenvalue weighted by Gasteiger charge is -2.25. The minimum absolute atomic E-state index is 0.141. The minimum Gasteiger partial charge on any atom is -0.478 e. The van der Waals surface area contributed by atoms with Gasteiger partial charge in [-0.2, -0.15) is 13.2 Å². The van der Waals surface area contributed by atoms with Gasteiger partial charge in [0.2, 0.25) is 11.7 Å². The quantitative estimate of drug-likeness (QED) is 0.828. The number of H-pyrrole nitrogens is 1. The summed E-state index contributed by atoms with van der Waals surface area (Å²) >= 11 is 11.7. The molecule has 1 heterocycles. The third-order valence-electron chi connectivity index (χ3n) is 3.21. The van der Waals surface area contributed by atoms with E-state index in [-0.39, 0.29) is 21.9 Å². The summed E-state index contributed by atoms with van der Waals surface area (Å²) in [4.78, 5) is 17.7. The molecule has 1 aromatic rings. The van der Waals surface area contributed by atoms with Gasteiger partial charge >= 0.3 is 6.18 Å². The average molecular weight is 384 g/mol. The fraction of sp³-hybridized carbons (Fsp3) is 0.429. The Morgan fingerprint density at radius 3 is 2.54 bits per heavy atom. The van der Waals surface area contributed by atoms with E-state index in [4.69, 9.17) is 27.9 Å². The summed E-state index contributed by atoms with van der Waals surface area (Å²) in [5, 5.41) is 2.94. The lowest BCUT2D eigenvalue weighted by atomic mass is 9.99. The molecular weight excluding hydrogens is 370 g/mol. The van der Waals surface area contributed by atoms with E-state index < -0.39 is 29.3 Å². The molecule has 1 aliphatic rings. The highest BCUT2D eigenvalue weighted by atomic mass is 35.5. The van der Waals surface area contributed by atoms with Gasteiger partial charge in [0.15, 0.2) is 5.69 Å². The zero-order valence-corrected chi connectivity index (χ0v) is 14.2. The molecule has 0 fully saturated rings. The molecule has 0 amide bonds. The first-order valence-electron chi connectivity index (χ1n) is 7.00. The van der Waals surface area contributed by atoms with E-state index >= 15 is 0 Å². The highest BCUT2D eigenvalue weighted by Gasteiger charge is 2.39. The number of alkyl halides is 3. The lowest BCUT2D eigenvalue weighted by Crippen LogP contribution is -2.30. The molecule has 1 aromatic heterocycles. The standard InChI is InChI=1S/C14H14Cl2F3N3O2/c1-3-20-13-21-11(14(17,18)19)10(12(23)22-13)24-9-5-8(16)7(15)4-6(9)2/h4-6,9H,3H2,1-2H3,(H2,20,21,22,23). The van der Waals surface area contributed by atoms with Gasteiger partial charge in [0, 0.05) is 12.5 Å². The van der Waals surface area contributed by atoms with Crippen LogP contribution in [0.5, 0.6) is 5.75 Å².